The van der Waals surface area contributed by atoms with Crippen LogP contribution in [0.5, 0.6) is 0 Å². The van der Waals surface area contributed by atoms with Gasteiger partial charge in [-0.05, 0) is 58.3 Å². The van der Waals surface area contributed by atoms with Crippen LogP contribution in [0.15, 0.2) is 71.2 Å². The van der Waals surface area contributed by atoms with Crippen LogP contribution in [0.1, 0.15) is 10.4 Å². The van der Waals surface area contributed by atoms with Crippen LogP contribution in [-0.2, 0) is 0 Å². The number of carbonyl (C=O) groups excluding carboxylic acids is 1. The van der Waals surface area contributed by atoms with Gasteiger partial charge in [0.1, 0.15) is 5.82 Å². The molecule has 1 heterocycles. The first-order valence-electron chi connectivity index (χ1n) is 6.71. The topological polar surface area (TPSA) is 60.7 Å². The van der Waals surface area contributed by atoms with E-state index in [1.165, 1.54) is 42.1 Å². The Hall–Kier alpha value is -2.80. The molecule has 114 valence electrons. The molecule has 0 aliphatic heterocycles. The van der Waals surface area contributed by atoms with Crippen LogP contribution in [0.4, 0.5) is 4.39 Å². The minimum Gasteiger partial charge on any atom is -0.289 e. The summed E-state index contributed by atoms with van der Waals surface area (Å²) in [6.07, 6.45) is 1.40. The number of hydrogen-bond acceptors (Lipinski definition) is 5. The average Bonchev–Trinajstić information content (AvgIpc) is 3.05. The zero-order valence-corrected chi connectivity index (χ0v) is 12.7. The SMILES string of the molecule is O=C(/C=C\Sc1nnnn1-c1ccccc1)c1ccc(F)cc1. The molecule has 7 heteroatoms. The van der Waals surface area contributed by atoms with Gasteiger partial charge >= 0.3 is 0 Å². The van der Waals surface area contributed by atoms with Crippen molar-refractivity contribution in [1.29, 1.82) is 0 Å². The predicted octanol–water partition coefficient (Wildman–Crippen LogP) is 3.29. The summed E-state index contributed by atoms with van der Waals surface area (Å²) in [7, 11) is 0. The van der Waals surface area contributed by atoms with Gasteiger partial charge in [0.05, 0.1) is 5.69 Å². The molecule has 0 radical (unpaired) electrons. The van der Waals surface area contributed by atoms with Gasteiger partial charge in [-0.3, -0.25) is 4.79 Å². The third-order valence-corrected chi connectivity index (χ3v) is 3.70. The number of carbonyl (C=O) groups is 1. The number of benzene rings is 2. The van der Waals surface area contributed by atoms with E-state index in [-0.39, 0.29) is 11.6 Å². The third kappa shape index (κ3) is 3.70. The van der Waals surface area contributed by atoms with E-state index in [0.717, 1.165) is 5.69 Å². The van der Waals surface area contributed by atoms with Gasteiger partial charge in [-0.15, -0.1) is 5.10 Å². The second kappa shape index (κ2) is 6.97. The molecule has 0 amide bonds. The lowest BCUT2D eigenvalue weighted by Gasteiger charge is -2.01. The molecule has 0 spiro atoms. The van der Waals surface area contributed by atoms with Crippen LogP contribution in [0.25, 0.3) is 5.69 Å². The smallest absolute Gasteiger partial charge is 0.218 e. The van der Waals surface area contributed by atoms with E-state index in [1.807, 2.05) is 30.3 Å². The fraction of sp³-hybridized carbons (Fsp3) is 0. The van der Waals surface area contributed by atoms with E-state index in [2.05, 4.69) is 15.5 Å². The van der Waals surface area contributed by atoms with Crippen molar-refractivity contribution in [2.75, 3.05) is 0 Å². The number of thioether (sulfide) groups is 1. The molecule has 0 unspecified atom stereocenters. The molecule has 0 aliphatic carbocycles. The highest BCUT2D eigenvalue weighted by Gasteiger charge is 2.07. The highest BCUT2D eigenvalue weighted by molar-refractivity contribution is 8.02. The second-order valence-corrected chi connectivity index (χ2v) is 5.37. The Morgan fingerprint density at radius 3 is 2.57 bits per heavy atom. The van der Waals surface area contributed by atoms with Crippen molar-refractivity contribution >= 4 is 17.5 Å². The number of hydrogen-bond donors (Lipinski definition) is 0. The molecule has 1 aromatic heterocycles. The van der Waals surface area contributed by atoms with Gasteiger partial charge in [-0.1, -0.05) is 30.0 Å². The molecule has 0 aliphatic rings. The quantitative estimate of drug-likeness (QED) is 0.409. The summed E-state index contributed by atoms with van der Waals surface area (Å²) in [4.78, 5) is 12.0. The Kier molecular flexibility index (Phi) is 4.58. The number of ketones is 1. The monoisotopic (exact) mass is 326 g/mol. The van der Waals surface area contributed by atoms with Crippen LogP contribution in [0.3, 0.4) is 0 Å². The first-order chi connectivity index (χ1) is 11.2. The van der Waals surface area contributed by atoms with Crippen molar-refractivity contribution in [2.24, 2.45) is 0 Å². The molecule has 5 nitrogen and oxygen atoms in total. The number of tetrazole rings is 1. The van der Waals surface area contributed by atoms with Gasteiger partial charge < -0.3 is 0 Å². The van der Waals surface area contributed by atoms with Crippen LogP contribution in [0.2, 0.25) is 0 Å². The molecular weight excluding hydrogens is 315 g/mol. The van der Waals surface area contributed by atoms with E-state index in [9.17, 15) is 9.18 Å². The van der Waals surface area contributed by atoms with Crippen LogP contribution >= 0.6 is 11.8 Å². The van der Waals surface area contributed by atoms with Gasteiger partial charge in [0.15, 0.2) is 5.78 Å². The molecule has 23 heavy (non-hydrogen) atoms. The third-order valence-electron chi connectivity index (χ3n) is 2.96. The van der Waals surface area contributed by atoms with Crippen molar-refractivity contribution in [3.8, 4) is 5.69 Å². The normalized spacial score (nSPS) is 11.0. The van der Waals surface area contributed by atoms with Crippen molar-refractivity contribution in [2.45, 2.75) is 5.16 Å². The van der Waals surface area contributed by atoms with E-state index in [4.69, 9.17) is 0 Å². The fourth-order valence-electron chi connectivity index (χ4n) is 1.85. The van der Waals surface area contributed by atoms with Crippen molar-refractivity contribution < 1.29 is 9.18 Å². The van der Waals surface area contributed by atoms with Crippen molar-refractivity contribution in [3.63, 3.8) is 0 Å². The average molecular weight is 326 g/mol. The number of nitrogens with zero attached hydrogens (tertiary/aromatic N) is 4. The van der Waals surface area contributed by atoms with Crippen LogP contribution in [-0.4, -0.2) is 26.0 Å². The lowest BCUT2D eigenvalue weighted by atomic mass is 10.1. The van der Waals surface area contributed by atoms with Gasteiger partial charge in [0, 0.05) is 5.56 Å². The summed E-state index contributed by atoms with van der Waals surface area (Å²) in [5.41, 5.74) is 1.25. The maximum absolute atomic E-state index is 12.8. The van der Waals surface area contributed by atoms with E-state index >= 15 is 0 Å². The molecule has 0 atom stereocenters. The first-order valence-corrected chi connectivity index (χ1v) is 7.59. The lowest BCUT2D eigenvalue weighted by molar-refractivity contribution is 0.104. The molecule has 2 aromatic carbocycles. The van der Waals surface area contributed by atoms with Gasteiger partial charge in [-0.25, -0.2) is 4.39 Å². The van der Waals surface area contributed by atoms with E-state index in [1.54, 1.807) is 10.1 Å². The second-order valence-electron chi connectivity index (χ2n) is 4.50. The number of rotatable bonds is 5. The Morgan fingerprint density at radius 1 is 1.09 bits per heavy atom. The maximum Gasteiger partial charge on any atom is 0.218 e. The Bertz CT molecular complexity index is 831. The lowest BCUT2D eigenvalue weighted by Crippen LogP contribution is -1.98. The predicted molar refractivity (Wildman–Crippen MR) is 84.9 cm³/mol. The molecule has 0 N–H and O–H groups in total. The zero-order chi connectivity index (χ0) is 16.1. The van der Waals surface area contributed by atoms with Gasteiger partial charge in [-0.2, -0.15) is 4.68 Å². The summed E-state index contributed by atoms with van der Waals surface area (Å²) >= 11 is 1.23. The number of allylic oxidation sites excluding steroid dienone is 1. The summed E-state index contributed by atoms with van der Waals surface area (Å²) in [6, 6.07) is 14.8. The van der Waals surface area contributed by atoms with Crippen LogP contribution < -0.4 is 0 Å². The molecule has 0 bridgehead atoms. The zero-order valence-electron chi connectivity index (χ0n) is 11.8. The Labute approximate surface area is 135 Å². The number of halogens is 1. The number of para-hydroxylation sites is 1. The molecule has 0 fully saturated rings. The standard InChI is InChI=1S/C16H11FN4OS/c17-13-8-6-12(7-9-13)15(22)10-11-23-16-18-19-20-21(16)14-4-2-1-3-5-14/h1-11H/b11-10-. The highest BCUT2D eigenvalue weighted by atomic mass is 32.2. The molecule has 0 saturated heterocycles. The van der Waals surface area contributed by atoms with Crippen LogP contribution in [0, 0.1) is 5.82 Å². The largest absolute Gasteiger partial charge is 0.289 e. The Morgan fingerprint density at radius 2 is 1.83 bits per heavy atom. The molecule has 3 rings (SSSR count). The summed E-state index contributed by atoms with van der Waals surface area (Å²) in [6.45, 7) is 0. The van der Waals surface area contributed by atoms with E-state index < -0.39 is 0 Å². The fourth-order valence-corrected chi connectivity index (χ4v) is 2.49. The van der Waals surface area contributed by atoms with Crippen molar-refractivity contribution in [1.82, 2.24) is 20.2 Å². The number of aromatic nitrogens is 4. The molecule has 3 aromatic rings. The molecular formula is C16H11FN4OS. The summed E-state index contributed by atoms with van der Waals surface area (Å²) in [5, 5.41) is 13.6. The van der Waals surface area contributed by atoms with Gasteiger partial charge in [0.25, 0.3) is 0 Å². The maximum atomic E-state index is 12.8. The minimum atomic E-state index is -0.373. The highest BCUT2D eigenvalue weighted by Crippen LogP contribution is 2.19. The Balaban J connectivity index is 1.70. The molecule has 0 saturated carbocycles. The first kappa shape index (κ1) is 15.1. The summed E-state index contributed by atoms with van der Waals surface area (Å²) in [5.74, 6) is -0.585. The van der Waals surface area contributed by atoms with E-state index in [0.29, 0.717) is 10.7 Å². The minimum absolute atomic E-state index is 0.212. The summed E-state index contributed by atoms with van der Waals surface area (Å²) < 4.78 is 14.4. The van der Waals surface area contributed by atoms with Gasteiger partial charge in [0.2, 0.25) is 5.16 Å². The van der Waals surface area contributed by atoms with Crippen molar-refractivity contribution in [3.05, 3.63) is 77.5 Å².